The van der Waals surface area contributed by atoms with Crippen LogP contribution in [0.1, 0.15) is 10.4 Å². The van der Waals surface area contributed by atoms with Crippen molar-refractivity contribution in [1.82, 2.24) is 5.32 Å². The van der Waals surface area contributed by atoms with Crippen LogP contribution < -0.4 is 5.32 Å². The summed E-state index contributed by atoms with van der Waals surface area (Å²) >= 11 is 5.17. The molecule has 0 fully saturated rings. The molecule has 1 heterocycles. The third kappa shape index (κ3) is 4.09. The van der Waals surface area contributed by atoms with Gasteiger partial charge in [0, 0.05) is 21.5 Å². The molecule has 5 heteroatoms. The predicted molar refractivity (Wildman–Crippen MR) is 78.6 cm³/mol. The summed E-state index contributed by atoms with van der Waals surface area (Å²) in [4.78, 5) is 1.23. The zero-order valence-electron chi connectivity index (χ0n) is 10.4. The molecule has 1 N–H and O–H groups in total. The molecular weight excluding hydrogens is 332 g/mol. The van der Waals surface area contributed by atoms with Crippen LogP contribution in [0, 0.1) is 11.6 Å². The maximum absolute atomic E-state index is 13.2. The molecule has 1 atom stereocenters. The zero-order chi connectivity index (χ0) is 13.8. The van der Waals surface area contributed by atoms with Gasteiger partial charge < -0.3 is 5.32 Å². The van der Waals surface area contributed by atoms with Gasteiger partial charge in [-0.25, -0.2) is 8.78 Å². The number of halogens is 3. The van der Waals surface area contributed by atoms with Crippen LogP contribution in [0.15, 0.2) is 34.1 Å². The summed E-state index contributed by atoms with van der Waals surface area (Å²) in [5, 5.41) is 5.22. The number of hydrogen-bond acceptors (Lipinski definition) is 2. The van der Waals surface area contributed by atoms with Crippen LogP contribution in [0.2, 0.25) is 0 Å². The van der Waals surface area contributed by atoms with E-state index in [9.17, 15) is 8.78 Å². The summed E-state index contributed by atoms with van der Waals surface area (Å²) in [6, 6.07) is 5.83. The smallest absolute Gasteiger partial charge is 0.126 e. The van der Waals surface area contributed by atoms with Crippen molar-refractivity contribution in [2.45, 2.75) is 18.9 Å². The Balaban J connectivity index is 2.08. The normalized spacial score (nSPS) is 12.6. The first kappa shape index (κ1) is 14.6. The van der Waals surface area contributed by atoms with Crippen molar-refractivity contribution < 1.29 is 8.78 Å². The second kappa shape index (κ2) is 6.59. The molecular formula is C14H14BrF2NS. The minimum absolute atomic E-state index is 0.149. The van der Waals surface area contributed by atoms with Gasteiger partial charge in [0.2, 0.25) is 0 Å². The van der Waals surface area contributed by atoms with Gasteiger partial charge >= 0.3 is 0 Å². The van der Waals surface area contributed by atoms with Gasteiger partial charge in [0.1, 0.15) is 11.6 Å². The first-order chi connectivity index (χ1) is 9.08. The number of likely N-dealkylation sites (N-methyl/N-ethyl adjacent to an activating group) is 1. The predicted octanol–water partition coefficient (Wildman–Crippen LogP) is 4.16. The molecule has 1 aromatic carbocycles. The lowest BCUT2D eigenvalue weighted by atomic mass is 10.0. The number of hydrogen-bond donors (Lipinski definition) is 1. The van der Waals surface area contributed by atoms with Crippen LogP contribution in [-0.2, 0) is 12.8 Å². The summed E-state index contributed by atoms with van der Waals surface area (Å²) in [6.07, 6.45) is 1.42. The van der Waals surface area contributed by atoms with Gasteiger partial charge in [-0.05, 0) is 65.0 Å². The molecule has 1 aromatic heterocycles. The van der Waals surface area contributed by atoms with E-state index >= 15 is 0 Å². The Bertz CT molecular complexity index is 536. The fourth-order valence-corrected chi connectivity index (χ4v) is 3.58. The number of benzene rings is 1. The van der Waals surface area contributed by atoms with Gasteiger partial charge in [-0.2, -0.15) is 0 Å². The fraction of sp³-hybridized carbons (Fsp3) is 0.286. The molecule has 1 nitrogen and oxygen atoms in total. The molecule has 2 rings (SSSR count). The Morgan fingerprint density at radius 1 is 1.21 bits per heavy atom. The van der Waals surface area contributed by atoms with E-state index < -0.39 is 11.6 Å². The number of thiophene rings is 1. The topological polar surface area (TPSA) is 12.0 Å². The van der Waals surface area contributed by atoms with Gasteiger partial charge in [0.25, 0.3) is 0 Å². The Morgan fingerprint density at radius 3 is 2.42 bits per heavy atom. The van der Waals surface area contributed by atoms with E-state index in [1.807, 2.05) is 18.5 Å². The van der Waals surface area contributed by atoms with E-state index in [1.54, 1.807) is 11.3 Å². The molecule has 0 saturated heterocycles. The van der Waals surface area contributed by atoms with Crippen LogP contribution in [0.4, 0.5) is 8.78 Å². The van der Waals surface area contributed by atoms with Gasteiger partial charge in [-0.15, -0.1) is 11.3 Å². The average Bonchev–Trinajstić information content (AvgIpc) is 2.73. The van der Waals surface area contributed by atoms with Gasteiger partial charge in [0.15, 0.2) is 0 Å². The minimum Gasteiger partial charge on any atom is -0.316 e. The highest BCUT2D eigenvalue weighted by atomic mass is 79.9. The van der Waals surface area contributed by atoms with E-state index in [0.717, 1.165) is 17.0 Å². The molecule has 0 amide bonds. The molecule has 19 heavy (non-hydrogen) atoms. The van der Waals surface area contributed by atoms with E-state index in [2.05, 4.69) is 21.2 Å². The molecule has 102 valence electrons. The van der Waals surface area contributed by atoms with E-state index in [1.165, 1.54) is 17.0 Å². The summed E-state index contributed by atoms with van der Waals surface area (Å²) in [7, 11) is 1.86. The Hall–Kier alpha value is -0.780. The van der Waals surface area contributed by atoms with E-state index in [4.69, 9.17) is 0 Å². The van der Waals surface area contributed by atoms with Crippen molar-refractivity contribution in [3.63, 3.8) is 0 Å². The molecule has 0 aliphatic heterocycles. The Kier molecular flexibility index (Phi) is 5.07. The highest BCUT2D eigenvalue weighted by molar-refractivity contribution is 9.10. The zero-order valence-corrected chi connectivity index (χ0v) is 12.8. The summed E-state index contributed by atoms with van der Waals surface area (Å²) < 4.78 is 27.4. The van der Waals surface area contributed by atoms with E-state index in [0.29, 0.717) is 12.0 Å². The lowest BCUT2D eigenvalue weighted by Gasteiger charge is -2.16. The molecule has 0 radical (unpaired) electrons. The van der Waals surface area contributed by atoms with Crippen molar-refractivity contribution >= 4 is 27.3 Å². The highest BCUT2D eigenvalue weighted by Gasteiger charge is 2.12. The van der Waals surface area contributed by atoms with Crippen LogP contribution >= 0.6 is 27.3 Å². The lowest BCUT2D eigenvalue weighted by Crippen LogP contribution is -2.29. The SMILES string of the molecule is CNC(Cc1cc(F)cc(F)c1)Cc1sccc1Br. The molecule has 0 aliphatic carbocycles. The monoisotopic (exact) mass is 345 g/mol. The largest absolute Gasteiger partial charge is 0.316 e. The molecule has 2 aromatic rings. The number of rotatable bonds is 5. The standard InChI is InChI=1S/C14H14BrF2NS/c1-18-12(8-14-13(15)2-3-19-14)6-9-4-10(16)7-11(17)5-9/h2-5,7,12,18H,6,8H2,1H3. The summed E-state index contributed by atoms with van der Waals surface area (Å²) in [6.45, 7) is 0. The molecule has 0 spiro atoms. The van der Waals surface area contributed by atoms with Crippen molar-refractivity contribution in [3.05, 3.63) is 56.2 Å². The van der Waals surface area contributed by atoms with E-state index in [-0.39, 0.29) is 6.04 Å². The fourth-order valence-electron chi connectivity index (χ4n) is 1.98. The van der Waals surface area contributed by atoms with Crippen LogP contribution in [-0.4, -0.2) is 13.1 Å². The molecule has 0 aliphatic rings. The second-order valence-corrected chi connectivity index (χ2v) is 6.22. The van der Waals surface area contributed by atoms with Gasteiger partial charge in [-0.1, -0.05) is 0 Å². The Morgan fingerprint density at radius 2 is 1.89 bits per heavy atom. The quantitative estimate of drug-likeness (QED) is 0.857. The van der Waals surface area contributed by atoms with Crippen molar-refractivity contribution in [1.29, 1.82) is 0 Å². The molecule has 0 bridgehead atoms. The molecule has 0 saturated carbocycles. The minimum atomic E-state index is -0.526. The van der Waals surface area contributed by atoms with Crippen molar-refractivity contribution in [3.8, 4) is 0 Å². The third-order valence-electron chi connectivity index (χ3n) is 2.94. The highest BCUT2D eigenvalue weighted by Crippen LogP contribution is 2.24. The van der Waals surface area contributed by atoms with Gasteiger partial charge in [-0.3, -0.25) is 0 Å². The summed E-state index contributed by atoms with van der Waals surface area (Å²) in [5.74, 6) is -1.05. The number of nitrogens with one attached hydrogen (secondary N) is 1. The second-order valence-electron chi connectivity index (χ2n) is 4.36. The molecule has 1 unspecified atom stereocenters. The van der Waals surface area contributed by atoms with Crippen molar-refractivity contribution in [2.75, 3.05) is 7.05 Å². The average molecular weight is 346 g/mol. The van der Waals surface area contributed by atoms with Gasteiger partial charge in [0.05, 0.1) is 0 Å². The van der Waals surface area contributed by atoms with Crippen LogP contribution in [0.3, 0.4) is 0 Å². The summed E-state index contributed by atoms with van der Waals surface area (Å²) in [5.41, 5.74) is 0.671. The first-order valence-electron chi connectivity index (χ1n) is 5.92. The first-order valence-corrected chi connectivity index (χ1v) is 7.60. The maximum atomic E-state index is 13.2. The third-order valence-corrected chi connectivity index (χ3v) is 4.88. The Labute approximate surface area is 123 Å². The van der Waals surface area contributed by atoms with Crippen LogP contribution in [0.5, 0.6) is 0 Å². The lowest BCUT2D eigenvalue weighted by molar-refractivity contribution is 0.545. The van der Waals surface area contributed by atoms with Crippen LogP contribution in [0.25, 0.3) is 0 Å². The maximum Gasteiger partial charge on any atom is 0.126 e. The van der Waals surface area contributed by atoms with Crippen molar-refractivity contribution in [2.24, 2.45) is 0 Å².